The first-order valence-electron chi connectivity index (χ1n) is 9.35. The average molecular weight is 426 g/mol. The molecule has 2 aromatic carbocycles. The number of H-pyrrole nitrogens is 1. The number of carboxylic acids is 1. The van der Waals surface area contributed by atoms with Crippen LogP contribution in [0.5, 0.6) is 0 Å². The van der Waals surface area contributed by atoms with Gasteiger partial charge in [0.2, 0.25) is 0 Å². The molecule has 31 heavy (non-hydrogen) atoms. The third-order valence-electron chi connectivity index (χ3n) is 5.30. The number of aromatic nitrogens is 1. The molecule has 5 nitrogen and oxygen atoms in total. The van der Waals surface area contributed by atoms with E-state index >= 15 is 0 Å². The van der Waals surface area contributed by atoms with E-state index < -0.39 is 23.6 Å². The highest BCUT2D eigenvalue weighted by Gasteiger charge is 2.34. The number of benzene rings is 2. The summed E-state index contributed by atoms with van der Waals surface area (Å²) in [5.41, 5.74) is 1.72. The Bertz CT molecular complexity index is 1270. The van der Waals surface area contributed by atoms with Gasteiger partial charge in [-0.05, 0) is 43.2 Å². The van der Waals surface area contributed by atoms with Crippen LogP contribution in [0.3, 0.4) is 0 Å². The molecule has 4 rings (SSSR count). The Hall–Kier alpha value is -3.81. The van der Waals surface area contributed by atoms with Crippen LogP contribution < -0.4 is 5.32 Å². The van der Waals surface area contributed by atoms with Crippen LogP contribution in [-0.2, 0) is 11.0 Å². The van der Waals surface area contributed by atoms with Gasteiger partial charge in [-0.3, -0.25) is 4.79 Å². The summed E-state index contributed by atoms with van der Waals surface area (Å²) in [6.07, 6.45) is -4.57. The van der Waals surface area contributed by atoms with Crippen molar-refractivity contribution >= 4 is 28.7 Å². The van der Waals surface area contributed by atoms with Crippen molar-refractivity contribution in [3.8, 4) is 0 Å². The van der Waals surface area contributed by atoms with E-state index in [1.165, 1.54) is 12.1 Å². The number of para-hydroxylation sites is 1. The van der Waals surface area contributed by atoms with Crippen LogP contribution in [0.15, 0.2) is 48.5 Å². The predicted octanol–water partition coefficient (Wildman–Crippen LogP) is 5.26. The SMILES string of the molecule is Cc1[nH]c(C(=C2C(=O)Nc3ccccc32)c2cccc(C(F)(F)F)c2)c(C)c1C(=O)O. The van der Waals surface area contributed by atoms with E-state index in [1.807, 2.05) is 0 Å². The lowest BCUT2D eigenvalue weighted by Gasteiger charge is -2.14. The first-order valence-corrected chi connectivity index (χ1v) is 9.35. The van der Waals surface area contributed by atoms with Crippen LogP contribution in [0.1, 0.15) is 44.0 Å². The molecule has 0 atom stereocenters. The number of nitrogens with one attached hydrogen (secondary N) is 2. The van der Waals surface area contributed by atoms with E-state index in [-0.39, 0.29) is 28.0 Å². The highest BCUT2D eigenvalue weighted by molar-refractivity contribution is 6.38. The van der Waals surface area contributed by atoms with Gasteiger partial charge in [-0.25, -0.2) is 4.79 Å². The summed E-state index contributed by atoms with van der Waals surface area (Å²) in [5, 5.41) is 12.3. The zero-order valence-electron chi connectivity index (χ0n) is 16.5. The van der Waals surface area contributed by atoms with E-state index in [1.54, 1.807) is 38.1 Å². The van der Waals surface area contributed by atoms with Gasteiger partial charge in [0.25, 0.3) is 5.91 Å². The normalized spacial score (nSPS) is 14.9. The summed E-state index contributed by atoms with van der Waals surface area (Å²) in [4.78, 5) is 27.6. The Kier molecular flexibility index (Phi) is 4.72. The van der Waals surface area contributed by atoms with Crippen LogP contribution in [0.25, 0.3) is 11.1 Å². The third-order valence-corrected chi connectivity index (χ3v) is 5.30. The molecule has 2 heterocycles. The molecule has 158 valence electrons. The van der Waals surface area contributed by atoms with Gasteiger partial charge in [-0.1, -0.05) is 30.3 Å². The van der Waals surface area contributed by atoms with Crippen molar-refractivity contribution in [1.29, 1.82) is 0 Å². The maximum absolute atomic E-state index is 13.4. The number of carbonyl (C=O) groups is 2. The second-order valence-corrected chi connectivity index (χ2v) is 7.26. The fourth-order valence-corrected chi connectivity index (χ4v) is 3.95. The summed E-state index contributed by atoms with van der Waals surface area (Å²) in [6.45, 7) is 3.13. The van der Waals surface area contributed by atoms with Gasteiger partial charge in [-0.15, -0.1) is 0 Å². The number of fused-ring (bicyclic) bond motifs is 1. The molecule has 1 aliphatic rings. The number of halogens is 3. The Morgan fingerprint density at radius 1 is 1.03 bits per heavy atom. The molecule has 0 saturated heterocycles. The van der Waals surface area contributed by atoms with Crippen LogP contribution in [0.2, 0.25) is 0 Å². The number of rotatable bonds is 3. The van der Waals surface area contributed by atoms with Gasteiger partial charge in [0.15, 0.2) is 0 Å². The molecule has 0 radical (unpaired) electrons. The molecular weight excluding hydrogens is 409 g/mol. The molecule has 1 amide bonds. The number of carboxylic acid groups (broad SMARTS) is 1. The van der Waals surface area contributed by atoms with Crippen molar-refractivity contribution in [1.82, 2.24) is 4.98 Å². The fraction of sp³-hybridized carbons (Fsp3) is 0.130. The average Bonchev–Trinajstić information content (AvgIpc) is 3.18. The molecule has 1 aliphatic heterocycles. The Balaban J connectivity index is 2.09. The number of hydrogen-bond acceptors (Lipinski definition) is 2. The standard InChI is InChI=1S/C23H17F3N2O3/c1-11-17(22(30)31)12(2)27-20(11)18(13-6-5-7-14(10-13)23(24,25)26)19-15-8-3-4-9-16(15)28-21(19)29/h3-10,27H,1-2H3,(H,28,29)(H,30,31). The zero-order valence-corrected chi connectivity index (χ0v) is 16.5. The quantitative estimate of drug-likeness (QED) is 0.500. The highest BCUT2D eigenvalue weighted by Crippen LogP contribution is 2.42. The van der Waals surface area contributed by atoms with Gasteiger partial charge in [0.05, 0.1) is 22.4 Å². The Morgan fingerprint density at radius 2 is 1.74 bits per heavy atom. The molecule has 0 unspecified atom stereocenters. The summed E-state index contributed by atoms with van der Waals surface area (Å²) in [7, 11) is 0. The van der Waals surface area contributed by atoms with Crippen molar-refractivity contribution in [3.63, 3.8) is 0 Å². The van der Waals surface area contributed by atoms with Crippen LogP contribution in [0, 0.1) is 13.8 Å². The van der Waals surface area contributed by atoms with E-state index in [0.717, 1.165) is 12.1 Å². The predicted molar refractivity (Wildman–Crippen MR) is 110 cm³/mol. The van der Waals surface area contributed by atoms with Crippen molar-refractivity contribution in [3.05, 3.63) is 87.7 Å². The van der Waals surface area contributed by atoms with E-state index in [9.17, 15) is 27.9 Å². The maximum Gasteiger partial charge on any atom is 0.416 e. The lowest BCUT2D eigenvalue weighted by atomic mass is 9.90. The molecule has 0 bridgehead atoms. The molecule has 3 aromatic rings. The number of alkyl halides is 3. The molecule has 3 N–H and O–H groups in total. The monoisotopic (exact) mass is 426 g/mol. The van der Waals surface area contributed by atoms with Gasteiger partial charge in [0, 0.05) is 22.5 Å². The van der Waals surface area contributed by atoms with Crippen LogP contribution in [0.4, 0.5) is 18.9 Å². The number of carbonyl (C=O) groups excluding carboxylic acids is 1. The molecule has 0 aliphatic carbocycles. The minimum absolute atomic E-state index is 0.0202. The number of aryl methyl sites for hydroxylation is 1. The zero-order chi connectivity index (χ0) is 22.5. The lowest BCUT2D eigenvalue weighted by molar-refractivity contribution is -0.137. The Morgan fingerprint density at radius 3 is 2.39 bits per heavy atom. The number of aromatic carboxylic acids is 1. The summed E-state index contributed by atoms with van der Waals surface area (Å²) >= 11 is 0. The van der Waals surface area contributed by atoms with E-state index in [0.29, 0.717) is 22.5 Å². The molecule has 1 aromatic heterocycles. The fourth-order valence-electron chi connectivity index (χ4n) is 3.95. The first-order chi connectivity index (χ1) is 14.6. The highest BCUT2D eigenvalue weighted by atomic mass is 19.4. The number of anilines is 1. The second-order valence-electron chi connectivity index (χ2n) is 7.26. The van der Waals surface area contributed by atoms with E-state index in [2.05, 4.69) is 10.3 Å². The summed E-state index contributed by atoms with van der Waals surface area (Å²) < 4.78 is 40.2. The van der Waals surface area contributed by atoms with Crippen LogP contribution in [-0.4, -0.2) is 22.0 Å². The van der Waals surface area contributed by atoms with Crippen LogP contribution >= 0.6 is 0 Å². The number of amides is 1. The van der Waals surface area contributed by atoms with Crippen molar-refractivity contribution in [2.24, 2.45) is 0 Å². The van der Waals surface area contributed by atoms with Gasteiger partial charge in [0.1, 0.15) is 0 Å². The van der Waals surface area contributed by atoms with Gasteiger partial charge >= 0.3 is 12.1 Å². The van der Waals surface area contributed by atoms with Crippen molar-refractivity contribution in [2.75, 3.05) is 5.32 Å². The minimum atomic E-state index is -4.57. The summed E-state index contributed by atoms with van der Waals surface area (Å²) in [5.74, 6) is -1.64. The summed E-state index contributed by atoms with van der Waals surface area (Å²) in [6, 6.07) is 11.5. The minimum Gasteiger partial charge on any atom is -0.478 e. The molecule has 0 fully saturated rings. The van der Waals surface area contributed by atoms with Crippen molar-refractivity contribution in [2.45, 2.75) is 20.0 Å². The molecule has 8 heteroatoms. The maximum atomic E-state index is 13.4. The van der Waals surface area contributed by atoms with Gasteiger partial charge < -0.3 is 15.4 Å². The Labute approximate surface area is 175 Å². The topological polar surface area (TPSA) is 82.2 Å². The third kappa shape index (κ3) is 3.39. The number of hydrogen-bond donors (Lipinski definition) is 3. The first kappa shape index (κ1) is 20.5. The molecule has 0 saturated carbocycles. The van der Waals surface area contributed by atoms with Gasteiger partial charge in [-0.2, -0.15) is 13.2 Å². The molecule has 0 spiro atoms. The largest absolute Gasteiger partial charge is 0.478 e. The second kappa shape index (κ2) is 7.16. The van der Waals surface area contributed by atoms with Crippen molar-refractivity contribution < 1.29 is 27.9 Å². The van der Waals surface area contributed by atoms with E-state index in [4.69, 9.17) is 0 Å². The lowest BCUT2D eigenvalue weighted by Crippen LogP contribution is -2.09. The molecular formula is C23H17F3N2O3. The smallest absolute Gasteiger partial charge is 0.416 e. The number of aromatic amines is 1.